The molecule has 2 amide bonds. The minimum Gasteiger partial charge on any atom is -0.350 e. The molecule has 5 heteroatoms. The second kappa shape index (κ2) is 6.91. The number of aromatic nitrogens is 1. The van der Waals surface area contributed by atoms with Crippen LogP contribution in [0.4, 0.5) is 5.69 Å². The van der Waals surface area contributed by atoms with Gasteiger partial charge >= 0.3 is 0 Å². The van der Waals surface area contributed by atoms with E-state index in [9.17, 15) is 9.59 Å². The molecular formula is C22H23N3O2. The summed E-state index contributed by atoms with van der Waals surface area (Å²) in [7, 11) is 1.98. The lowest BCUT2D eigenvalue weighted by Crippen LogP contribution is -2.26. The van der Waals surface area contributed by atoms with Crippen LogP contribution in [0.3, 0.4) is 0 Å². The van der Waals surface area contributed by atoms with Crippen molar-refractivity contribution in [3.05, 3.63) is 65.5 Å². The number of anilines is 1. The number of carbonyl (C=O) groups excluding carboxylic acids is 2. The fourth-order valence-electron chi connectivity index (χ4n) is 3.22. The van der Waals surface area contributed by atoms with Crippen molar-refractivity contribution in [2.24, 2.45) is 13.0 Å². The van der Waals surface area contributed by atoms with E-state index in [-0.39, 0.29) is 17.7 Å². The Kier molecular flexibility index (Phi) is 4.44. The summed E-state index contributed by atoms with van der Waals surface area (Å²) in [5.41, 5.74) is 3.24. The maximum absolute atomic E-state index is 12.9. The van der Waals surface area contributed by atoms with Crippen LogP contribution >= 0.6 is 0 Å². The molecule has 5 nitrogen and oxygen atoms in total. The summed E-state index contributed by atoms with van der Waals surface area (Å²) >= 11 is 0. The van der Waals surface area contributed by atoms with Gasteiger partial charge in [-0.3, -0.25) is 9.59 Å². The Balaban J connectivity index is 1.62. The molecule has 27 heavy (non-hydrogen) atoms. The monoisotopic (exact) mass is 361 g/mol. The standard InChI is InChI=1S/C22H23N3O2/c1-14-7-10-18(25(14)2)13-23-22(27)19-11-16-5-3-4-6-17(16)12-20(19)24-21(26)15-8-9-15/h3-7,10-12,15H,8-9,13H2,1-2H3,(H,23,27)(H,24,26). The van der Waals surface area contributed by atoms with Crippen LogP contribution < -0.4 is 10.6 Å². The first kappa shape index (κ1) is 17.3. The molecule has 0 atom stereocenters. The van der Waals surface area contributed by atoms with Crippen LogP contribution in [0.5, 0.6) is 0 Å². The average Bonchev–Trinajstić information content (AvgIpc) is 3.47. The van der Waals surface area contributed by atoms with Crippen molar-refractivity contribution in [2.45, 2.75) is 26.3 Å². The molecular weight excluding hydrogens is 338 g/mol. The van der Waals surface area contributed by atoms with Crippen LogP contribution in [-0.4, -0.2) is 16.4 Å². The quantitative estimate of drug-likeness (QED) is 0.727. The van der Waals surface area contributed by atoms with Gasteiger partial charge in [0.25, 0.3) is 5.91 Å². The summed E-state index contributed by atoms with van der Waals surface area (Å²) in [5, 5.41) is 7.91. The average molecular weight is 361 g/mol. The topological polar surface area (TPSA) is 63.1 Å². The van der Waals surface area contributed by atoms with E-state index >= 15 is 0 Å². The number of benzene rings is 2. The van der Waals surface area contributed by atoms with Gasteiger partial charge in [0.05, 0.1) is 17.8 Å². The van der Waals surface area contributed by atoms with Crippen molar-refractivity contribution >= 4 is 28.3 Å². The van der Waals surface area contributed by atoms with Crippen molar-refractivity contribution in [3.8, 4) is 0 Å². The Morgan fingerprint density at radius 1 is 1.07 bits per heavy atom. The van der Waals surface area contributed by atoms with Gasteiger partial charge in [-0.1, -0.05) is 24.3 Å². The second-order valence-corrected chi connectivity index (χ2v) is 7.22. The number of fused-ring (bicyclic) bond motifs is 1. The van der Waals surface area contributed by atoms with Gasteiger partial charge in [-0.05, 0) is 54.8 Å². The van der Waals surface area contributed by atoms with Gasteiger partial charge in [-0.15, -0.1) is 0 Å². The van der Waals surface area contributed by atoms with E-state index in [4.69, 9.17) is 0 Å². The van der Waals surface area contributed by atoms with E-state index in [2.05, 4.69) is 15.2 Å². The van der Waals surface area contributed by atoms with E-state index in [0.29, 0.717) is 17.8 Å². The van der Waals surface area contributed by atoms with Crippen LogP contribution in [0.15, 0.2) is 48.5 Å². The van der Waals surface area contributed by atoms with Gasteiger partial charge in [-0.2, -0.15) is 0 Å². The zero-order valence-electron chi connectivity index (χ0n) is 15.6. The summed E-state index contributed by atoms with van der Waals surface area (Å²) in [6.45, 7) is 2.46. The lowest BCUT2D eigenvalue weighted by Gasteiger charge is -2.14. The number of aryl methyl sites for hydroxylation is 1. The third kappa shape index (κ3) is 3.58. The summed E-state index contributed by atoms with van der Waals surface area (Å²) < 4.78 is 2.05. The molecule has 1 aliphatic rings. The van der Waals surface area contributed by atoms with Crippen molar-refractivity contribution in [3.63, 3.8) is 0 Å². The normalized spacial score (nSPS) is 13.6. The minimum atomic E-state index is -0.189. The molecule has 0 spiro atoms. The zero-order chi connectivity index (χ0) is 19.0. The minimum absolute atomic E-state index is 0.00242. The Labute approximate surface area is 158 Å². The van der Waals surface area contributed by atoms with E-state index in [0.717, 1.165) is 35.0 Å². The van der Waals surface area contributed by atoms with Crippen LogP contribution in [0.25, 0.3) is 10.8 Å². The number of rotatable bonds is 5. The summed E-state index contributed by atoms with van der Waals surface area (Å²) in [6, 6.07) is 15.6. The first-order valence-corrected chi connectivity index (χ1v) is 9.26. The predicted octanol–water partition coefficient (Wildman–Crippen LogP) is 3.77. The first-order valence-electron chi connectivity index (χ1n) is 9.26. The number of carbonyl (C=O) groups is 2. The third-order valence-electron chi connectivity index (χ3n) is 5.24. The lowest BCUT2D eigenvalue weighted by molar-refractivity contribution is -0.117. The Hall–Kier alpha value is -3.08. The molecule has 0 aliphatic heterocycles. The van der Waals surface area contributed by atoms with E-state index in [1.165, 1.54) is 0 Å². The molecule has 138 valence electrons. The van der Waals surface area contributed by atoms with Gasteiger partial charge in [0.15, 0.2) is 0 Å². The van der Waals surface area contributed by atoms with E-state index in [1.54, 1.807) is 0 Å². The van der Waals surface area contributed by atoms with Gasteiger partial charge in [0, 0.05) is 24.4 Å². The van der Waals surface area contributed by atoms with Crippen LogP contribution in [0.2, 0.25) is 0 Å². The van der Waals surface area contributed by atoms with Crippen LogP contribution in [0.1, 0.15) is 34.6 Å². The lowest BCUT2D eigenvalue weighted by atomic mass is 10.0. The Morgan fingerprint density at radius 3 is 2.41 bits per heavy atom. The predicted molar refractivity (Wildman–Crippen MR) is 107 cm³/mol. The molecule has 0 radical (unpaired) electrons. The molecule has 2 N–H and O–H groups in total. The van der Waals surface area contributed by atoms with Crippen molar-refractivity contribution < 1.29 is 9.59 Å². The van der Waals surface area contributed by atoms with E-state index < -0.39 is 0 Å². The highest BCUT2D eigenvalue weighted by molar-refractivity contribution is 6.08. The SMILES string of the molecule is Cc1ccc(CNC(=O)c2cc3ccccc3cc2NC(=O)C2CC2)n1C. The molecule has 4 rings (SSSR count). The molecule has 0 saturated heterocycles. The fourth-order valence-corrected chi connectivity index (χ4v) is 3.22. The number of amides is 2. The molecule has 1 heterocycles. The number of nitrogens with one attached hydrogen (secondary N) is 2. The summed E-state index contributed by atoms with van der Waals surface area (Å²) in [4.78, 5) is 25.2. The number of nitrogens with zero attached hydrogens (tertiary/aromatic N) is 1. The van der Waals surface area contributed by atoms with Crippen LogP contribution in [0, 0.1) is 12.8 Å². The third-order valence-corrected chi connectivity index (χ3v) is 5.24. The second-order valence-electron chi connectivity index (χ2n) is 7.22. The van der Waals surface area contributed by atoms with Gasteiger partial charge in [-0.25, -0.2) is 0 Å². The highest BCUT2D eigenvalue weighted by atomic mass is 16.2. The molecule has 2 aromatic carbocycles. The van der Waals surface area contributed by atoms with Gasteiger partial charge < -0.3 is 15.2 Å². The number of hydrogen-bond donors (Lipinski definition) is 2. The highest BCUT2D eigenvalue weighted by Gasteiger charge is 2.30. The molecule has 0 bridgehead atoms. The molecule has 0 unspecified atom stereocenters. The van der Waals surface area contributed by atoms with Gasteiger partial charge in [0.1, 0.15) is 0 Å². The largest absolute Gasteiger partial charge is 0.350 e. The molecule has 1 fully saturated rings. The highest BCUT2D eigenvalue weighted by Crippen LogP contribution is 2.32. The molecule has 3 aromatic rings. The number of hydrogen-bond acceptors (Lipinski definition) is 2. The van der Waals surface area contributed by atoms with Gasteiger partial charge in [0.2, 0.25) is 5.91 Å². The summed E-state index contributed by atoms with van der Waals surface area (Å²) in [5.74, 6) is -0.109. The van der Waals surface area contributed by atoms with Crippen molar-refractivity contribution in [1.29, 1.82) is 0 Å². The van der Waals surface area contributed by atoms with Crippen molar-refractivity contribution in [2.75, 3.05) is 5.32 Å². The van der Waals surface area contributed by atoms with Crippen LogP contribution in [-0.2, 0) is 18.4 Å². The Morgan fingerprint density at radius 2 is 1.78 bits per heavy atom. The maximum atomic E-state index is 12.9. The zero-order valence-corrected chi connectivity index (χ0v) is 15.6. The van der Waals surface area contributed by atoms with Crippen molar-refractivity contribution in [1.82, 2.24) is 9.88 Å². The first-order chi connectivity index (χ1) is 13.0. The van der Waals surface area contributed by atoms with E-state index in [1.807, 2.05) is 62.5 Å². The molecule has 1 aromatic heterocycles. The molecule has 1 aliphatic carbocycles. The smallest absolute Gasteiger partial charge is 0.253 e. The fraction of sp³-hybridized carbons (Fsp3) is 0.273. The maximum Gasteiger partial charge on any atom is 0.253 e. The summed E-state index contributed by atoms with van der Waals surface area (Å²) in [6.07, 6.45) is 1.85. The molecule has 1 saturated carbocycles. The Bertz CT molecular complexity index is 1030.